The second kappa shape index (κ2) is 2.97. The molecule has 0 spiro atoms. The van der Waals surface area contributed by atoms with Gasteiger partial charge >= 0.3 is 0 Å². The van der Waals surface area contributed by atoms with Gasteiger partial charge in [0.25, 0.3) is 0 Å². The molecule has 1 aromatic carbocycles. The molecule has 0 aliphatic carbocycles. The zero-order chi connectivity index (χ0) is 9.30. The maximum atomic E-state index is 12.6. The minimum absolute atomic E-state index is 0.150. The minimum Gasteiger partial charge on any atom is -0.204 e. The zero-order valence-electron chi connectivity index (χ0n) is 5.87. The summed E-state index contributed by atoms with van der Waals surface area (Å²) >= 11 is 0. The van der Waals surface area contributed by atoms with E-state index >= 15 is 0 Å². The van der Waals surface area contributed by atoms with Gasteiger partial charge in [0.2, 0.25) is 0 Å². The first-order valence-electron chi connectivity index (χ1n) is 3.03. The topological polar surface area (TPSA) is 0 Å². The van der Waals surface area contributed by atoms with Crippen LogP contribution in [0.4, 0.5) is 17.6 Å². The normalized spacial score (nSPS) is 10.0. The Morgan fingerprint density at radius 3 is 1.75 bits per heavy atom. The Hall–Kier alpha value is -1.32. The van der Waals surface area contributed by atoms with Crippen LogP contribution >= 0.6 is 0 Å². The van der Waals surface area contributed by atoms with E-state index in [1.807, 2.05) is 0 Å². The van der Waals surface area contributed by atoms with Crippen molar-refractivity contribution >= 4 is 6.08 Å². The molecule has 0 aromatic heterocycles. The molecule has 0 nitrogen and oxygen atoms in total. The van der Waals surface area contributed by atoms with E-state index in [2.05, 4.69) is 6.58 Å². The van der Waals surface area contributed by atoms with E-state index in [4.69, 9.17) is 0 Å². The van der Waals surface area contributed by atoms with Crippen LogP contribution in [-0.2, 0) is 0 Å². The number of benzene rings is 1. The van der Waals surface area contributed by atoms with Gasteiger partial charge in [0.15, 0.2) is 23.3 Å². The second-order valence-corrected chi connectivity index (χ2v) is 2.09. The molecule has 1 rings (SSSR count). The first-order valence-corrected chi connectivity index (χ1v) is 3.03. The molecule has 0 heterocycles. The number of halogens is 4. The highest BCUT2D eigenvalue weighted by Gasteiger charge is 2.15. The molecule has 0 fully saturated rings. The predicted octanol–water partition coefficient (Wildman–Crippen LogP) is 2.89. The Morgan fingerprint density at radius 2 is 1.42 bits per heavy atom. The lowest BCUT2D eigenvalue weighted by Crippen LogP contribution is -1.97. The Kier molecular flexibility index (Phi) is 2.17. The Labute approximate surface area is 66.1 Å². The molecule has 0 atom stereocenters. The van der Waals surface area contributed by atoms with Crippen molar-refractivity contribution in [3.8, 4) is 0 Å². The van der Waals surface area contributed by atoms with E-state index in [9.17, 15) is 17.6 Å². The summed E-state index contributed by atoms with van der Waals surface area (Å²) in [5.41, 5.74) is -0.785. The fourth-order valence-corrected chi connectivity index (χ4v) is 0.771. The molecule has 0 saturated carbocycles. The molecular formula is C8H4F4. The molecule has 0 amide bonds. The summed E-state index contributed by atoms with van der Waals surface area (Å²) in [5.74, 6) is -5.71. The van der Waals surface area contributed by atoms with Gasteiger partial charge in [-0.15, -0.1) is 0 Å². The summed E-state index contributed by atoms with van der Waals surface area (Å²) in [6.07, 6.45) is 0.719. The maximum absolute atomic E-state index is 12.6. The van der Waals surface area contributed by atoms with E-state index in [0.29, 0.717) is 0 Å². The molecule has 64 valence electrons. The van der Waals surface area contributed by atoms with Crippen LogP contribution in [0.1, 0.15) is 5.56 Å². The van der Waals surface area contributed by atoms with Gasteiger partial charge in [-0.2, -0.15) is 0 Å². The molecule has 0 saturated heterocycles. The van der Waals surface area contributed by atoms with Crippen LogP contribution in [0.2, 0.25) is 0 Å². The lowest BCUT2D eigenvalue weighted by molar-refractivity contribution is 0.451. The van der Waals surface area contributed by atoms with Crippen LogP contribution in [0.15, 0.2) is 12.6 Å². The SMILES string of the molecule is C=Cc1c(F)c(F)cc(F)c1F. The molecule has 0 unspecified atom stereocenters. The van der Waals surface area contributed by atoms with Gasteiger partial charge in [-0.3, -0.25) is 0 Å². The van der Waals surface area contributed by atoms with Crippen LogP contribution in [0.25, 0.3) is 6.08 Å². The quantitative estimate of drug-likeness (QED) is 0.456. The van der Waals surface area contributed by atoms with E-state index in [1.165, 1.54) is 0 Å². The average molecular weight is 176 g/mol. The Bertz CT molecular complexity index is 304. The third kappa shape index (κ3) is 1.20. The van der Waals surface area contributed by atoms with Gasteiger partial charge < -0.3 is 0 Å². The van der Waals surface area contributed by atoms with Crippen LogP contribution in [0.5, 0.6) is 0 Å². The monoisotopic (exact) mass is 176 g/mol. The summed E-state index contributed by atoms with van der Waals surface area (Å²) in [4.78, 5) is 0. The van der Waals surface area contributed by atoms with Gasteiger partial charge in [0, 0.05) is 6.07 Å². The van der Waals surface area contributed by atoms with Crippen molar-refractivity contribution in [3.63, 3.8) is 0 Å². The largest absolute Gasteiger partial charge is 0.204 e. The number of hydrogen-bond acceptors (Lipinski definition) is 0. The van der Waals surface area contributed by atoms with Crippen molar-refractivity contribution in [1.82, 2.24) is 0 Å². The van der Waals surface area contributed by atoms with E-state index in [-0.39, 0.29) is 6.07 Å². The van der Waals surface area contributed by atoms with Crippen LogP contribution in [0, 0.1) is 23.3 Å². The molecule has 0 radical (unpaired) electrons. The standard InChI is InChI=1S/C8H4F4/c1-2-4-7(11)5(9)3-6(10)8(4)12/h2-3H,1H2. The molecular weight excluding hydrogens is 172 g/mol. The van der Waals surface area contributed by atoms with Crippen LogP contribution < -0.4 is 0 Å². The average Bonchev–Trinajstić information content (AvgIpc) is 2.02. The van der Waals surface area contributed by atoms with Crippen molar-refractivity contribution in [2.45, 2.75) is 0 Å². The molecule has 4 heteroatoms. The van der Waals surface area contributed by atoms with Crippen molar-refractivity contribution < 1.29 is 17.6 Å². The Morgan fingerprint density at radius 1 is 1.00 bits per heavy atom. The third-order valence-corrected chi connectivity index (χ3v) is 1.35. The van der Waals surface area contributed by atoms with Gasteiger partial charge in [0.05, 0.1) is 5.56 Å². The highest BCUT2D eigenvalue weighted by atomic mass is 19.2. The first-order chi connectivity index (χ1) is 5.57. The van der Waals surface area contributed by atoms with Gasteiger partial charge in [0.1, 0.15) is 0 Å². The predicted molar refractivity (Wildman–Crippen MR) is 36.4 cm³/mol. The van der Waals surface area contributed by atoms with Gasteiger partial charge in [-0.05, 0) is 0 Å². The van der Waals surface area contributed by atoms with Crippen molar-refractivity contribution in [3.05, 3.63) is 41.5 Å². The fourth-order valence-electron chi connectivity index (χ4n) is 0.771. The minimum atomic E-state index is -1.43. The van der Waals surface area contributed by atoms with Gasteiger partial charge in [-0.25, -0.2) is 17.6 Å². The molecule has 0 aliphatic heterocycles. The highest BCUT2D eigenvalue weighted by Crippen LogP contribution is 2.19. The molecule has 0 N–H and O–H groups in total. The maximum Gasteiger partial charge on any atom is 0.169 e. The second-order valence-electron chi connectivity index (χ2n) is 2.09. The van der Waals surface area contributed by atoms with Crippen LogP contribution in [0.3, 0.4) is 0 Å². The summed E-state index contributed by atoms with van der Waals surface area (Å²) in [6.45, 7) is 3.02. The third-order valence-electron chi connectivity index (χ3n) is 1.35. The summed E-state index contributed by atoms with van der Waals surface area (Å²) < 4.78 is 49.9. The smallest absolute Gasteiger partial charge is 0.169 e. The molecule has 0 bridgehead atoms. The fraction of sp³-hybridized carbons (Fsp3) is 0. The van der Waals surface area contributed by atoms with E-state index in [0.717, 1.165) is 6.08 Å². The summed E-state index contributed by atoms with van der Waals surface area (Å²) in [5, 5.41) is 0. The number of rotatable bonds is 1. The van der Waals surface area contributed by atoms with Crippen molar-refractivity contribution in [2.24, 2.45) is 0 Å². The van der Waals surface area contributed by atoms with Crippen molar-refractivity contribution in [1.29, 1.82) is 0 Å². The lowest BCUT2D eigenvalue weighted by Gasteiger charge is -2.00. The van der Waals surface area contributed by atoms with Gasteiger partial charge in [-0.1, -0.05) is 12.7 Å². The first kappa shape index (κ1) is 8.77. The Balaban J connectivity index is 3.52. The summed E-state index contributed by atoms with van der Waals surface area (Å²) in [7, 11) is 0. The zero-order valence-corrected chi connectivity index (χ0v) is 5.87. The molecule has 12 heavy (non-hydrogen) atoms. The van der Waals surface area contributed by atoms with E-state index < -0.39 is 28.8 Å². The lowest BCUT2D eigenvalue weighted by atomic mass is 10.2. The number of hydrogen-bond donors (Lipinski definition) is 0. The van der Waals surface area contributed by atoms with Crippen LogP contribution in [-0.4, -0.2) is 0 Å². The van der Waals surface area contributed by atoms with E-state index in [1.54, 1.807) is 0 Å². The molecule has 1 aromatic rings. The highest BCUT2D eigenvalue weighted by molar-refractivity contribution is 5.48. The molecule has 0 aliphatic rings. The summed E-state index contributed by atoms with van der Waals surface area (Å²) in [6, 6.07) is 0.150. The van der Waals surface area contributed by atoms with Crippen molar-refractivity contribution in [2.75, 3.05) is 0 Å².